The first kappa shape index (κ1) is 14.1. The van der Waals surface area contributed by atoms with E-state index in [9.17, 15) is 9.59 Å². The monoisotopic (exact) mass is 286 g/mol. The van der Waals surface area contributed by atoms with Crippen LogP contribution >= 0.6 is 0 Å². The maximum absolute atomic E-state index is 12.7. The topological polar surface area (TPSA) is 40.6 Å². The Kier molecular flexibility index (Phi) is 3.70. The zero-order valence-electron chi connectivity index (χ0n) is 12.7. The number of likely N-dealkylation sites (tertiary alicyclic amines) is 1. The van der Waals surface area contributed by atoms with Crippen LogP contribution in [0.4, 0.5) is 5.69 Å². The molecule has 0 aliphatic carbocycles. The zero-order valence-corrected chi connectivity index (χ0v) is 12.7. The number of carbonyl (C=O) groups is 2. The normalized spacial score (nSPS) is 24.9. The molecule has 1 saturated heterocycles. The average molecular weight is 286 g/mol. The molecule has 1 aromatic carbocycles. The van der Waals surface area contributed by atoms with Gasteiger partial charge in [0.05, 0.1) is 0 Å². The molecule has 2 aliphatic heterocycles. The molecule has 2 amide bonds. The number of benzene rings is 1. The molecule has 21 heavy (non-hydrogen) atoms. The lowest BCUT2D eigenvalue weighted by Gasteiger charge is -2.32. The van der Waals surface area contributed by atoms with Crippen molar-refractivity contribution in [1.29, 1.82) is 0 Å². The number of hydrogen-bond acceptors (Lipinski definition) is 2. The summed E-state index contributed by atoms with van der Waals surface area (Å²) in [7, 11) is 0. The SMILES string of the molecule is CC1CCCN(C(=O)C(=O)N2c3ccccc3CC2C)C1. The van der Waals surface area contributed by atoms with E-state index in [1.807, 2.05) is 31.2 Å². The number of anilines is 1. The van der Waals surface area contributed by atoms with Crippen molar-refractivity contribution in [3.63, 3.8) is 0 Å². The number of nitrogens with zero attached hydrogens (tertiary/aromatic N) is 2. The average Bonchev–Trinajstić information content (AvgIpc) is 2.81. The smallest absolute Gasteiger partial charge is 0.316 e. The van der Waals surface area contributed by atoms with Gasteiger partial charge < -0.3 is 9.80 Å². The number of fused-ring (bicyclic) bond motifs is 1. The van der Waals surface area contributed by atoms with Crippen molar-refractivity contribution in [3.05, 3.63) is 29.8 Å². The fourth-order valence-electron chi connectivity index (χ4n) is 3.49. The van der Waals surface area contributed by atoms with Crippen LogP contribution in [0.5, 0.6) is 0 Å². The van der Waals surface area contributed by atoms with E-state index >= 15 is 0 Å². The molecule has 4 nitrogen and oxygen atoms in total. The first-order valence-corrected chi connectivity index (χ1v) is 7.78. The number of para-hydroxylation sites is 1. The summed E-state index contributed by atoms with van der Waals surface area (Å²) in [6.07, 6.45) is 2.96. The summed E-state index contributed by atoms with van der Waals surface area (Å²) < 4.78 is 0. The molecule has 1 aromatic rings. The van der Waals surface area contributed by atoms with Gasteiger partial charge >= 0.3 is 11.8 Å². The highest BCUT2D eigenvalue weighted by molar-refractivity contribution is 6.40. The summed E-state index contributed by atoms with van der Waals surface area (Å²) >= 11 is 0. The maximum Gasteiger partial charge on any atom is 0.316 e. The summed E-state index contributed by atoms with van der Waals surface area (Å²) in [6, 6.07) is 7.93. The fourth-order valence-corrected chi connectivity index (χ4v) is 3.49. The number of hydrogen-bond donors (Lipinski definition) is 0. The van der Waals surface area contributed by atoms with Crippen molar-refractivity contribution < 1.29 is 9.59 Å². The Labute approximate surface area is 125 Å². The lowest BCUT2D eigenvalue weighted by Crippen LogP contribution is -2.50. The molecule has 2 heterocycles. The van der Waals surface area contributed by atoms with Gasteiger partial charge in [0.1, 0.15) is 0 Å². The van der Waals surface area contributed by atoms with Crippen molar-refractivity contribution in [1.82, 2.24) is 4.90 Å². The second-order valence-electron chi connectivity index (χ2n) is 6.36. The van der Waals surface area contributed by atoms with Crippen LogP contribution in [0.15, 0.2) is 24.3 Å². The molecule has 4 heteroatoms. The van der Waals surface area contributed by atoms with Gasteiger partial charge in [0.2, 0.25) is 0 Å². The summed E-state index contributed by atoms with van der Waals surface area (Å²) in [4.78, 5) is 28.6. The number of carbonyl (C=O) groups excluding carboxylic acids is 2. The van der Waals surface area contributed by atoms with Gasteiger partial charge in [-0.1, -0.05) is 25.1 Å². The Hall–Kier alpha value is -1.84. The van der Waals surface area contributed by atoms with Crippen LogP contribution in [0.2, 0.25) is 0 Å². The van der Waals surface area contributed by atoms with Gasteiger partial charge in [-0.3, -0.25) is 9.59 Å². The minimum atomic E-state index is -0.374. The molecule has 2 atom stereocenters. The van der Waals surface area contributed by atoms with Crippen molar-refractivity contribution in [3.8, 4) is 0 Å². The van der Waals surface area contributed by atoms with Gasteiger partial charge in [0.15, 0.2) is 0 Å². The van der Waals surface area contributed by atoms with Crippen LogP contribution in [-0.4, -0.2) is 35.8 Å². The predicted octanol–water partition coefficient (Wildman–Crippen LogP) is 2.22. The van der Waals surface area contributed by atoms with E-state index in [-0.39, 0.29) is 17.9 Å². The Morgan fingerprint density at radius 2 is 1.90 bits per heavy atom. The largest absolute Gasteiger partial charge is 0.334 e. The summed E-state index contributed by atoms with van der Waals surface area (Å²) in [5.74, 6) is -0.231. The molecular weight excluding hydrogens is 264 g/mol. The van der Waals surface area contributed by atoms with Crippen LogP contribution in [0, 0.1) is 5.92 Å². The second-order valence-corrected chi connectivity index (χ2v) is 6.36. The third-order valence-electron chi connectivity index (χ3n) is 4.55. The van der Waals surface area contributed by atoms with E-state index in [0.717, 1.165) is 30.5 Å². The number of piperidine rings is 1. The van der Waals surface area contributed by atoms with Gasteiger partial charge in [0.25, 0.3) is 0 Å². The third kappa shape index (κ3) is 2.55. The van der Waals surface area contributed by atoms with Crippen LogP contribution < -0.4 is 4.90 Å². The van der Waals surface area contributed by atoms with Gasteiger partial charge in [-0.25, -0.2) is 0 Å². The van der Waals surface area contributed by atoms with Crippen molar-refractivity contribution >= 4 is 17.5 Å². The Morgan fingerprint density at radius 3 is 2.67 bits per heavy atom. The van der Waals surface area contributed by atoms with E-state index in [0.29, 0.717) is 19.0 Å². The summed E-state index contributed by atoms with van der Waals surface area (Å²) in [5, 5.41) is 0. The standard InChI is InChI=1S/C17H22N2O2/c1-12-6-5-9-18(11-12)16(20)17(21)19-13(2)10-14-7-3-4-8-15(14)19/h3-4,7-8,12-13H,5-6,9-11H2,1-2H3. The molecule has 0 spiro atoms. The summed E-state index contributed by atoms with van der Waals surface area (Å²) in [6.45, 7) is 5.55. The van der Waals surface area contributed by atoms with Crippen LogP contribution in [0.25, 0.3) is 0 Å². The van der Waals surface area contributed by atoms with Crippen molar-refractivity contribution in [2.24, 2.45) is 5.92 Å². The van der Waals surface area contributed by atoms with Crippen molar-refractivity contribution in [2.75, 3.05) is 18.0 Å². The fraction of sp³-hybridized carbons (Fsp3) is 0.529. The molecular formula is C17H22N2O2. The first-order valence-electron chi connectivity index (χ1n) is 7.78. The summed E-state index contributed by atoms with van der Waals surface area (Å²) in [5.41, 5.74) is 2.05. The van der Waals surface area contributed by atoms with E-state index < -0.39 is 0 Å². The van der Waals surface area contributed by atoms with Gasteiger partial charge in [0, 0.05) is 24.8 Å². The van der Waals surface area contributed by atoms with E-state index in [2.05, 4.69) is 6.92 Å². The van der Waals surface area contributed by atoms with Crippen molar-refractivity contribution in [2.45, 2.75) is 39.2 Å². The molecule has 3 rings (SSSR count). The van der Waals surface area contributed by atoms with Gasteiger partial charge in [-0.2, -0.15) is 0 Å². The minimum absolute atomic E-state index is 0.0565. The molecule has 0 N–H and O–H groups in total. The Morgan fingerprint density at radius 1 is 1.14 bits per heavy atom. The lowest BCUT2D eigenvalue weighted by atomic mass is 10.0. The van der Waals surface area contributed by atoms with Crippen LogP contribution in [-0.2, 0) is 16.0 Å². The second kappa shape index (κ2) is 5.51. The molecule has 2 aliphatic rings. The van der Waals surface area contributed by atoms with E-state index in [1.165, 1.54) is 0 Å². The quantitative estimate of drug-likeness (QED) is 0.686. The predicted molar refractivity (Wildman–Crippen MR) is 82.1 cm³/mol. The lowest BCUT2D eigenvalue weighted by molar-refractivity contribution is -0.145. The van der Waals surface area contributed by atoms with Gasteiger partial charge in [-0.05, 0) is 43.7 Å². The van der Waals surface area contributed by atoms with Crippen LogP contribution in [0.1, 0.15) is 32.3 Å². The van der Waals surface area contributed by atoms with E-state index in [4.69, 9.17) is 0 Å². The Balaban J connectivity index is 1.80. The molecule has 0 bridgehead atoms. The molecule has 0 radical (unpaired) electrons. The van der Waals surface area contributed by atoms with Crippen LogP contribution in [0.3, 0.4) is 0 Å². The first-order chi connectivity index (χ1) is 10.1. The molecule has 112 valence electrons. The molecule has 1 fully saturated rings. The maximum atomic E-state index is 12.7. The third-order valence-corrected chi connectivity index (χ3v) is 4.55. The molecule has 0 aromatic heterocycles. The Bertz CT molecular complexity index is 570. The van der Waals surface area contributed by atoms with E-state index in [1.54, 1.807) is 9.80 Å². The molecule has 2 unspecified atom stereocenters. The highest BCUT2D eigenvalue weighted by atomic mass is 16.2. The zero-order chi connectivity index (χ0) is 15.0. The minimum Gasteiger partial charge on any atom is -0.334 e. The van der Waals surface area contributed by atoms with Gasteiger partial charge in [-0.15, -0.1) is 0 Å². The highest BCUT2D eigenvalue weighted by Gasteiger charge is 2.36. The number of amides is 2. The number of rotatable bonds is 0. The molecule has 0 saturated carbocycles. The highest BCUT2D eigenvalue weighted by Crippen LogP contribution is 2.32.